The number of nitriles is 1. The van der Waals surface area contributed by atoms with Gasteiger partial charge in [0, 0.05) is 30.6 Å². The van der Waals surface area contributed by atoms with E-state index in [1.165, 1.54) is 4.90 Å². The number of carbonyl (C=O) groups excluding carboxylic acids is 3. The molecule has 0 aliphatic heterocycles. The average molecular weight is 471 g/mol. The van der Waals surface area contributed by atoms with Crippen molar-refractivity contribution in [1.29, 1.82) is 5.26 Å². The summed E-state index contributed by atoms with van der Waals surface area (Å²) in [6.07, 6.45) is -0.00797. The molecule has 0 fully saturated rings. The van der Waals surface area contributed by atoms with Gasteiger partial charge in [-0.05, 0) is 23.8 Å². The van der Waals surface area contributed by atoms with E-state index in [2.05, 4.69) is 10.9 Å². The summed E-state index contributed by atoms with van der Waals surface area (Å²) in [6, 6.07) is 28.0. The van der Waals surface area contributed by atoms with Crippen molar-refractivity contribution in [2.24, 2.45) is 0 Å². The minimum atomic E-state index is -0.535. The third kappa shape index (κ3) is 7.72. The smallest absolute Gasteiger partial charge is 0.276 e. The quantitative estimate of drug-likeness (QED) is 0.440. The van der Waals surface area contributed by atoms with E-state index in [1.807, 2.05) is 60.7 Å². The number of hydrazine groups is 1. The summed E-state index contributed by atoms with van der Waals surface area (Å²) in [6.45, 7) is -0.0570. The molecule has 3 rings (SSSR count). The molecule has 3 aromatic carbocycles. The van der Waals surface area contributed by atoms with Gasteiger partial charge in [0.2, 0.25) is 11.8 Å². The maximum Gasteiger partial charge on any atom is 0.276 e. The number of benzene rings is 3. The third-order valence-corrected chi connectivity index (χ3v) is 5.05. The van der Waals surface area contributed by atoms with E-state index in [1.54, 1.807) is 30.3 Å². The molecule has 2 N–H and O–H groups in total. The summed E-state index contributed by atoms with van der Waals surface area (Å²) < 4.78 is 5.65. The molecule has 8 nitrogen and oxygen atoms in total. The predicted molar refractivity (Wildman–Crippen MR) is 132 cm³/mol. The van der Waals surface area contributed by atoms with Crippen LogP contribution in [-0.2, 0) is 14.4 Å². The molecule has 0 aliphatic carbocycles. The minimum absolute atomic E-state index is 0.0665. The number of amides is 3. The van der Waals surface area contributed by atoms with E-state index in [0.717, 1.165) is 11.1 Å². The molecule has 0 radical (unpaired) electrons. The van der Waals surface area contributed by atoms with Crippen LogP contribution in [0.15, 0.2) is 84.9 Å². The summed E-state index contributed by atoms with van der Waals surface area (Å²) in [4.78, 5) is 38.4. The molecule has 0 aromatic heterocycles. The number of ether oxygens (including phenoxy) is 1. The van der Waals surface area contributed by atoms with Crippen LogP contribution in [0.25, 0.3) is 11.1 Å². The Balaban J connectivity index is 1.45. The molecule has 3 aromatic rings. The number of hydrogen-bond donors (Lipinski definition) is 2. The largest absolute Gasteiger partial charge is 0.483 e. The zero-order chi connectivity index (χ0) is 24.9. The summed E-state index contributed by atoms with van der Waals surface area (Å²) >= 11 is 0. The van der Waals surface area contributed by atoms with E-state index in [0.29, 0.717) is 11.4 Å². The lowest BCUT2D eigenvalue weighted by molar-refractivity contribution is -0.130. The number of hydrogen-bond acceptors (Lipinski definition) is 5. The third-order valence-electron chi connectivity index (χ3n) is 5.05. The van der Waals surface area contributed by atoms with Crippen molar-refractivity contribution in [3.63, 3.8) is 0 Å². The SMILES string of the molecule is N#CCCN(C(=O)CCC(=O)NNC(=O)COc1ccccc1-c1ccccc1)c1ccccc1. The van der Waals surface area contributed by atoms with Crippen molar-refractivity contribution < 1.29 is 19.1 Å². The van der Waals surface area contributed by atoms with Gasteiger partial charge >= 0.3 is 0 Å². The second-order valence-electron chi connectivity index (χ2n) is 7.54. The van der Waals surface area contributed by atoms with Gasteiger partial charge in [-0.2, -0.15) is 5.26 Å². The number of rotatable bonds is 10. The van der Waals surface area contributed by atoms with E-state index in [-0.39, 0.29) is 38.3 Å². The summed E-state index contributed by atoms with van der Waals surface area (Å²) in [5.74, 6) is -0.782. The van der Waals surface area contributed by atoms with Gasteiger partial charge < -0.3 is 9.64 Å². The van der Waals surface area contributed by atoms with Crippen LogP contribution >= 0.6 is 0 Å². The van der Waals surface area contributed by atoms with Crippen LogP contribution in [0.1, 0.15) is 19.3 Å². The summed E-state index contributed by atoms with van der Waals surface area (Å²) in [7, 11) is 0. The van der Waals surface area contributed by atoms with Gasteiger partial charge in [-0.3, -0.25) is 25.2 Å². The lowest BCUT2D eigenvalue weighted by Gasteiger charge is -2.21. The molecule has 0 aliphatic rings. The van der Waals surface area contributed by atoms with Crippen LogP contribution in [0.5, 0.6) is 5.75 Å². The zero-order valence-electron chi connectivity index (χ0n) is 19.1. The second kappa shape index (κ2) is 13.2. The lowest BCUT2D eigenvalue weighted by Crippen LogP contribution is -2.44. The number of anilines is 1. The molecule has 0 spiro atoms. The average Bonchev–Trinajstić information content (AvgIpc) is 2.91. The van der Waals surface area contributed by atoms with Crippen molar-refractivity contribution in [1.82, 2.24) is 10.9 Å². The minimum Gasteiger partial charge on any atom is -0.483 e. The van der Waals surface area contributed by atoms with Gasteiger partial charge in [-0.15, -0.1) is 0 Å². The normalized spacial score (nSPS) is 10.0. The molecule has 0 unspecified atom stereocenters. The van der Waals surface area contributed by atoms with Crippen LogP contribution in [0.2, 0.25) is 0 Å². The monoisotopic (exact) mass is 470 g/mol. The van der Waals surface area contributed by atoms with Gasteiger partial charge in [-0.25, -0.2) is 0 Å². The molecule has 0 bridgehead atoms. The highest BCUT2D eigenvalue weighted by Crippen LogP contribution is 2.29. The van der Waals surface area contributed by atoms with E-state index in [4.69, 9.17) is 10.00 Å². The highest BCUT2D eigenvalue weighted by atomic mass is 16.5. The van der Waals surface area contributed by atoms with Gasteiger partial charge in [0.15, 0.2) is 6.61 Å². The first kappa shape index (κ1) is 25.0. The molecule has 0 saturated carbocycles. The molecule has 35 heavy (non-hydrogen) atoms. The van der Waals surface area contributed by atoms with Crippen molar-refractivity contribution in [3.8, 4) is 22.9 Å². The number of para-hydroxylation sites is 2. The van der Waals surface area contributed by atoms with E-state index < -0.39 is 11.8 Å². The highest BCUT2D eigenvalue weighted by Gasteiger charge is 2.17. The van der Waals surface area contributed by atoms with Gasteiger partial charge in [-0.1, -0.05) is 66.7 Å². The standard InChI is InChI=1S/C27H26N4O4/c28-18-9-19-31(22-12-5-2-6-13-22)27(34)17-16-25(32)29-30-26(33)20-35-24-15-8-7-14-23(24)21-10-3-1-4-11-21/h1-8,10-15H,9,16-17,19-20H2,(H,29,32)(H,30,33). The number of carbonyl (C=O) groups is 3. The van der Waals surface area contributed by atoms with Gasteiger partial charge in [0.05, 0.1) is 12.5 Å². The number of nitrogens with one attached hydrogen (secondary N) is 2. The fourth-order valence-electron chi connectivity index (χ4n) is 3.35. The fraction of sp³-hybridized carbons (Fsp3) is 0.185. The van der Waals surface area contributed by atoms with Crippen LogP contribution < -0.4 is 20.5 Å². The second-order valence-corrected chi connectivity index (χ2v) is 7.54. The Morgan fingerprint density at radius 3 is 2.14 bits per heavy atom. The van der Waals surface area contributed by atoms with Crippen LogP contribution in [-0.4, -0.2) is 30.9 Å². The molecule has 0 heterocycles. The van der Waals surface area contributed by atoms with Gasteiger partial charge in [0.25, 0.3) is 5.91 Å². The number of nitrogens with zero attached hydrogens (tertiary/aromatic N) is 2. The molecule has 0 saturated heterocycles. The summed E-state index contributed by atoms with van der Waals surface area (Å²) in [5, 5.41) is 8.87. The Morgan fingerprint density at radius 2 is 1.43 bits per heavy atom. The predicted octanol–water partition coefficient (Wildman–Crippen LogP) is 3.61. The van der Waals surface area contributed by atoms with Crippen LogP contribution in [0, 0.1) is 11.3 Å². The van der Waals surface area contributed by atoms with Crippen LogP contribution in [0.3, 0.4) is 0 Å². The molecular weight excluding hydrogens is 444 g/mol. The molecule has 178 valence electrons. The first-order valence-electron chi connectivity index (χ1n) is 11.2. The van der Waals surface area contributed by atoms with Crippen molar-refractivity contribution in [2.45, 2.75) is 19.3 Å². The highest BCUT2D eigenvalue weighted by molar-refractivity contribution is 5.95. The Bertz CT molecular complexity index is 1180. The topological polar surface area (TPSA) is 112 Å². The molecule has 0 atom stereocenters. The maximum atomic E-state index is 12.6. The molecule has 3 amide bonds. The maximum absolute atomic E-state index is 12.6. The Hall–Kier alpha value is -4.64. The lowest BCUT2D eigenvalue weighted by atomic mass is 10.1. The zero-order valence-corrected chi connectivity index (χ0v) is 19.1. The first-order valence-corrected chi connectivity index (χ1v) is 11.2. The Labute approximate surface area is 204 Å². The van der Waals surface area contributed by atoms with Crippen molar-refractivity contribution >= 4 is 23.4 Å². The molecular formula is C27H26N4O4. The van der Waals surface area contributed by atoms with Crippen molar-refractivity contribution in [2.75, 3.05) is 18.1 Å². The van der Waals surface area contributed by atoms with E-state index >= 15 is 0 Å². The van der Waals surface area contributed by atoms with Gasteiger partial charge in [0.1, 0.15) is 5.75 Å². The Kier molecular flexibility index (Phi) is 9.40. The molecule has 8 heteroatoms. The van der Waals surface area contributed by atoms with E-state index in [9.17, 15) is 14.4 Å². The van der Waals surface area contributed by atoms with Crippen LogP contribution in [0.4, 0.5) is 5.69 Å². The van der Waals surface area contributed by atoms with Crippen molar-refractivity contribution in [3.05, 3.63) is 84.9 Å². The summed E-state index contributed by atoms with van der Waals surface area (Å²) in [5.41, 5.74) is 7.07. The first-order chi connectivity index (χ1) is 17.1. The Morgan fingerprint density at radius 1 is 0.800 bits per heavy atom. The fourth-order valence-corrected chi connectivity index (χ4v) is 3.35.